The fourth-order valence-electron chi connectivity index (χ4n) is 2.04. The standard InChI is InChI=1S/C15H34N4/c1-7-10-12-18(6)15(16-8-2)17-11-13-19(9-3)14(4)5/h14H,7-13H2,1-6H3,(H,16,17). The molecule has 0 atom stereocenters. The molecule has 0 rings (SSSR count). The summed E-state index contributed by atoms with van der Waals surface area (Å²) in [5.41, 5.74) is 0. The second-order valence-electron chi connectivity index (χ2n) is 5.23. The maximum Gasteiger partial charge on any atom is 0.193 e. The molecular weight excluding hydrogens is 236 g/mol. The van der Waals surface area contributed by atoms with Crippen LogP contribution in [0.4, 0.5) is 0 Å². The monoisotopic (exact) mass is 270 g/mol. The van der Waals surface area contributed by atoms with E-state index in [4.69, 9.17) is 4.99 Å². The molecule has 0 radical (unpaired) electrons. The van der Waals surface area contributed by atoms with Gasteiger partial charge < -0.3 is 10.2 Å². The summed E-state index contributed by atoms with van der Waals surface area (Å²) in [6.07, 6.45) is 2.44. The Morgan fingerprint density at radius 3 is 2.32 bits per heavy atom. The quantitative estimate of drug-likeness (QED) is 0.515. The van der Waals surface area contributed by atoms with Crippen LogP contribution in [0.25, 0.3) is 0 Å². The number of aliphatic imine (C=N–C) groups is 1. The number of nitrogens with one attached hydrogen (secondary N) is 1. The molecule has 0 aromatic rings. The molecular formula is C15H34N4. The summed E-state index contributed by atoms with van der Waals surface area (Å²) in [5, 5.41) is 3.37. The Balaban J connectivity index is 4.32. The highest BCUT2D eigenvalue weighted by Gasteiger charge is 2.07. The first-order chi connectivity index (χ1) is 9.06. The molecule has 0 saturated carbocycles. The van der Waals surface area contributed by atoms with Crippen molar-refractivity contribution >= 4 is 5.96 Å². The van der Waals surface area contributed by atoms with Gasteiger partial charge in [-0.15, -0.1) is 0 Å². The molecule has 1 N–H and O–H groups in total. The van der Waals surface area contributed by atoms with Crippen molar-refractivity contribution in [2.24, 2.45) is 4.99 Å². The van der Waals surface area contributed by atoms with Crippen LogP contribution in [0.3, 0.4) is 0 Å². The molecule has 0 heterocycles. The van der Waals surface area contributed by atoms with Crippen molar-refractivity contribution in [2.45, 2.75) is 53.5 Å². The highest BCUT2D eigenvalue weighted by atomic mass is 15.3. The number of rotatable bonds is 9. The summed E-state index contributed by atoms with van der Waals surface area (Å²) < 4.78 is 0. The van der Waals surface area contributed by atoms with Crippen LogP contribution in [0, 0.1) is 0 Å². The number of nitrogens with zero attached hydrogens (tertiary/aromatic N) is 3. The molecule has 0 aromatic carbocycles. The average Bonchev–Trinajstić information content (AvgIpc) is 2.39. The van der Waals surface area contributed by atoms with Gasteiger partial charge in [-0.3, -0.25) is 9.89 Å². The van der Waals surface area contributed by atoms with Crippen LogP contribution < -0.4 is 5.32 Å². The van der Waals surface area contributed by atoms with E-state index < -0.39 is 0 Å². The van der Waals surface area contributed by atoms with Crippen molar-refractivity contribution in [1.82, 2.24) is 15.1 Å². The van der Waals surface area contributed by atoms with Crippen molar-refractivity contribution < 1.29 is 0 Å². The van der Waals surface area contributed by atoms with Gasteiger partial charge in [-0.25, -0.2) is 0 Å². The fraction of sp³-hybridized carbons (Fsp3) is 0.933. The van der Waals surface area contributed by atoms with Gasteiger partial charge in [0.15, 0.2) is 5.96 Å². The minimum absolute atomic E-state index is 0.598. The lowest BCUT2D eigenvalue weighted by molar-refractivity contribution is 0.240. The van der Waals surface area contributed by atoms with Gasteiger partial charge in [0, 0.05) is 32.7 Å². The Hall–Kier alpha value is -0.770. The van der Waals surface area contributed by atoms with E-state index >= 15 is 0 Å². The highest BCUT2D eigenvalue weighted by Crippen LogP contribution is 1.98. The molecule has 0 aliphatic heterocycles. The van der Waals surface area contributed by atoms with Crippen LogP contribution in [-0.4, -0.2) is 61.6 Å². The summed E-state index contributed by atoms with van der Waals surface area (Å²) in [5.74, 6) is 1.04. The zero-order valence-electron chi connectivity index (χ0n) is 13.9. The van der Waals surface area contributed by atoms with Gasteiger partial charge in [-0.2, -0.15) is 0 Å². The minimum atomic E-state index is 0.598. The van der Waals surface area contributed by atoms with Gasteiger partial charge in [0.25, 0.3) is 0 Å². The number of hydrogen-bond acceptors (Lipinski definition) is 2. The zero-order valence-corrected chi connectivity index (χ0v) is 13.9. The Bertz CT molecular complexity index is 238. The first-order valence-corrected chi connectivity index (χ1v) is 7.80. The Morgan fingerprint density at radius 1 is 1.16 bits per heavy atom. The third-order valence-electron chi connectivity index (χ3n) is 3.33. The normalized spacial score (nSPS) is 12.3. The van der Waals surface area contributed by atoms with Crippen LogP contribution in [0.5, 0.6) is 0 Å². The third kappa shape index (κ3) is 8.09. The summed E-state index contributed by atoms with van der Waals surface area (Å²) in [7, 11) is 2.12. The first-order valence-electron chi connectivity index (χ1n) is 7.80. The second-order valence-corrected chi connectivity index (χ2v) is 5.23. The van der Waals surface area contributed by atoms with Crippen LogP contribution in [0.2, 0.25) is 0 Å². The number of likely N-dealkylation sites (N-methyl/N-ethyl adjacent to an activating group) is 1. The van der Waals surface area contributed by atoms with E-state index in [1.807, 2.05) is 0 Å². The van der Waals surface area contributed by atoms with Gasteiger partial charge in [-0.1, -0.05) is 20.3 Å². The first kappa shape index (κ1) is 18.2. The maximum atomic E-state index is 4.73. The molecule has 0 bridgehead atoms. The molecule has 19 heavy (non-hydrogen) atoms. The van der Waals surface area contributed by atoms with E-state index in [2.05, 4.69) is 56.8 Å². The largest absolute Gasteiger partial charge is 0.357 e. The predicted octanol–water partition coefficient (Wildman–Crippen LogP) is 2.41. The Morgan fingerprint density at radius 2 is 1.84 bits per heavy atom. The summed E-state index contributed by atoms with van der Waals surface area (Å²) in [4.78, 5) is 9.40. The lowest BCUT2D eigenvalue weighted by Gasteiger charge is -2.25. The average molecular weight is 270 g/mol. The lowest BCUT2D eigenvalue weighted by Crippen LogP contribution is -2.40. The molecule has 0 spiro atoms. The molecule has 0 saturated heterocycles. The smallest absolute Gasteiger partial charge is 0.193 e. The van der Waals surface area contributed by atoms with Crippen LogP contribution >= 0.6 is 0 Å². The number of unbranched alkanes of at least 4 members (excludes halogenated alkanes) is 1. The number of hydrogen-bond donors (Lipinski definition) is 1. The van der Waals surface area contributed by atoms with Gasteiger partial charge in [-0.05, 0) is 33.7 Å². The van der Waals surface area contributed by atoms with Crippen LogP contribution in [0.15, 0.2) is 4.99 Å². The molecule has 0 aliphatic rings. The van der Waals surface area contributed by atoms with Gasteiger partial charge in [0.05, 0.1) is 6.54 Å². The van der Waals surface area contributed by atoms with E-state index in [1.54, 1.807) is 0 Å². The molecule has 0 aliphatic carbocycles. The van der Waals surface area contributed by atoms with Crippen molar-refractivity contribution in [3.63, 3.8) is 0 Å². The second kappa shape index (κ2) is 11.1. The summed E-state index contributed by atoms with van der Waals surface area (Å²) in [6, 6.07) is 0.598. The maximum absolute atomic E-state index is 4.73. The van der Waals surface area contributed by atoms with Gasteiger partial charge in [0.2, 0.25) is 0 Å². The van der Waals surface area contributed by atoms with Crippen molar-refractivity contribution in [3.8, 4) is 0 Å². The SMILES string of the molecule is CCCCN(C)C(=NCCN(CC)C(C)C)NCC. The predicted molar refractivity (Wildman–Crippen MR) is 85.9 cm³/mol. The number of guanidine groups is 1. The molecule has 4 heteroatoms. The van der Waals surface area contributed by atoms with Gasteiger partial charge >= 0.3 is 0 Å². The fourth-order valence-corrected chi connectivity index (χ4v) is 2.04. The van der Waals surface area contributed by atoms with Crippen LogP contribution in [-0.2, 0) is 0 Å². The van der Waals surface area contributed by atoms with Gasteiger partial charge in [0.1, 0.15) is 0 Å². The van der Waals surface area contributed by atoms with E-state index in [1.165, 1.54) is 12.8 Å². The summed E-state index contributed by atoms with van der Waals surface area (Å²) >= 11 is 0. The molecule has 4 nitrogen and oxygen atoms in total. The molecule has 0 fully saturated rings. The lowest BCUT2D eigenvalue weighted by atomic mass is 10.3. The Kier molecular flexibility index (Phi) is 10.6. The molecule has 0 unspecified atom stereocenters. The van der Waals surface area contributed by atoms with Crippen molar-refractivity contribution in [2.75, 3.05) is 39.8 Å². The third-order valence-corrected chi connectivity index (χ3v) is 3.33. The van der Waals surface area contributed by atoms with Crippen molar-refractivity contribution in [3.05, 3.63) is 0 Å². The molecule has 0 aromatic heterocycles. The zero-order chi connectivity index (χ0) is 14.7. The van der Waals surface area contributed by atoms with Crippen molar-refractivity contribution in [1.29, 1.82) is 0 Å². The minimum Gasteiger partial charge on any atom is -0.357 e. The van der Waals surface area contributed by atoms with E-state index in [0.717, 1.165) is 38.7 Å². The topological polar surface area (TPSA) is 30.9 Å². The van der Waals surface area contributed by atoms with E-state index in [-0.39, 0.29) is 0 Å². The molecule has 114 valence electrons. The Labute approximate surface area is 120 Å². The van der Waals surface area contributed by atoms with E-state index in [9.17, 15) is 0 Å². The summed E-state index contributed by atoms with van der Waals surface area (Å²) in [6.45, 7) is 16.0. The van der Waals surface area contributed by atoms with E-state index in [0.29, 0.717) is 6.04 Å². The molecule has 0 amide bonds. The highest BCUT2D eigenvalue weighted by molar-refractivity contribution is 5.79. The van der Waals surface area contributed by atoms with Crippen LogP contribution in [0.1, 0.15) is 47.5 Å².